The van der Waals surface area contributed by atoms with E-state index in [1.54, 1.807) is 24.5 Å². The van der Waals surface area contributed by atoms with Crippen LogP contribution in [0.3, 0.4) is 0 Å². The van der Waals surface area contributed by atoms with Crippen LogP contribution in [0.1, 0.15) is 5.56 Å². The van der Waals surface area contributed by atoms with Gasteiger partial charge in [-0.25, -0.2) is 0 Å². The average Bonchev–Trinajstić information content (AvgIpc) is 3.04. The van der Waals surface area contributed by atoms with E-state index < -0.39 is 6.04 Å². The predicted molar refractivity (Wildman–Crippen MR) is 106 cm³/mol. The van der Waals surface area contributed by atoms with Crippen molar-refractivity contribution in [1.29, 1.82) is 0 Å². The zero-order chi connectivity index (χ0) is 18.7. The number of aryl methyl sites for hydroxylation is 1. The van der Waals surface area contributed by atoms with Crippen molar-refractivity contribution in [3.63, 3.8) is 0 Å². The van der Waals surface area contributed by atoms with Crippen LogP contribution in [0.15, 0.2) is 53.3 Å². The van der Waals surface area contributed by atoms with Gasteiger partial charge in [-0.1, -0.05) is 27.5 Å². The molecule has 3 N–H and O–H groups in total. The number of halogens is 2. The van der Waals surface area contributed by atoms with Gasteiger partial charge < -0.3 is 15.6 Å². The molecular weight excluding hydrogens is 418 g/mol. The number of rotatable bonds is 5. The Bertz CT molecular complexity index is 926. The zero-order valence-corrected chi connectivity index (χ0v) is 16.3. The second-order valence-corrected chi connectivity index (χ2v) is 7.20. The quantitative estimate of drug-likeness (QED) is 0.644. The molecule has 1 amide bonds. The first kappa shape index (κ1) is 18.6. The molecular formula is C18H17BrClN5O. The van der Waals surface area contributed by atoms with Crippen LogP contribution >= 0.6 is 27.5 Å². The standard InChI is InChI=1S/C18H17BrClN5O/c1-25-10-22-24-17(25)11-2-5-14(6-3-11)23-18(26)16(21)9-12-8-13(19)4-7-15(12)20/h2-8,10,16H,9,21H2,1H3,(H,23,26). The first-order valence-corrected chi connectivity index (χ1v) is 9.06. The second kappa shape index (κ2) is 7.99. The summed E-state index contributed by atoms with van der Waals surface area (Å²) in [7, 11) is 1.87. The van der Waals surface area contributed by atoms with Crippen LogP contribution in [-0.4, -0.2) is 26.7 Å². The monoisotopic (exact) mass is 433 g/mol. The number of hydrogen-bond donors (Lipinski definition) is 2. The van der Waals surface area contributed by atoms with Crippen molar-refractivity contribution < 1.29 is 4.79 Å². The van der Waals surface area contributed by atoms with Gasteiger partial charge in [-0.2, -0.15) is 0 Å². The number of hydrogen-bond acceptors (Lipinski definition) is 4. The lowest BCUT2D eigenvalue weighted by Gasteiger charge is -2.14. The summed E-state index contributed by atoms with van der Waals surface area (Å²) in [5.74, 6) is 0.483. The summed E-state index contributed by atoms with van der Waals surface area (Å²) < 4.78 is 2.72. The Kier molecular flexibility index (Phi) is 5.70. The minimum atomic E-state index is -0.708. The summed E-state index contributed by atoms with van der Waals surface area (Å²) in [4.78, 5) is 12.4. The fraction of sp³-hybridized carbons (Fsp3) is 0.167. The molecule has 0 radical (unpaired) electrons. The number of nitrogens with two attached hydrogens (primary N) is 1. The highest BCUT2D eigenvalue weighted by Crippen LogP contribution is 2.23. The van der Waals surface area contributed by atoms with Gasteiger partial charge in [0.25, 0.3) is 0 Å². The first-order chi connectivity index (χ1) is 12.4. The Labute approximate surface area is 164 Å². The number of amides is 1. The molecule has 0 aliphatic carbocycles. The Morgan fingerprint density at radius 1 is 1.31 bits per heavy atom. The summed E-state index contributed by atoms with van der Waals surface area (Å²) in [6, 6.07) is 12.1. The van der Waals surface area contributed by atoms with Crippen LogP contribution in [0, 0.1) is 0 Å². The van der Waals surface area contributed by atoms with Crippen molar-refractivity contribution in [2.24, 2.45) is 12.8 Å². The van der Waals surface area contributed by atoms with Crippen LogP contribution in [-0.2, 0) is 18.3 Å². The molecule has 0 saturated carbocycles. The Hall–Kier alpha value is -2.22. The van der Waals surface area contributed by atoms with Crippen molar-refractivity contribution in [1.82, 2.24) is 14.8 Å². The largest absolute Gasteiger partial charge is 0.325 e. The molecule has 1 unspecified atom stereocenters. The van der Waals surface area contributed by atoms with E-state index in [-0.39, 0.29) is 5.91 Å². The third kappa shape index (κ3) is 4.30. The molecule has 0 bridgehead atoms. The molecule has 0 spiro atoms. The summed E-state index contributed by atoms with van der Waals surface area (Å²) in [6.07, 6.45) is 1.98. The third-order valence-electron chi connectivity index (χ3n) is 3.91. The predicted octanol–water partition coefficient (Wildman–Crippen LogP) is 3.41. The van der Waals surface area contributed by atoms with E-state index in [0.29, 0.717) is 17.1 Å². The van der Waals surface area contributed by atoms with Crippen molar-refractivity contribution in [2.45, 2.75) is 12.5 Å². The van der Waals surface area contributed by atoms with Crippen LogP contribution in [0.4, 0.5) is 5.69 Å². The summed E-state index contributed by atoms with van der Waals surface area (Å²) in [5.41, 5.74) is 8.43. The van der Waals surface area contributed by atoms with Gasteiger partial charge in [-0.3, -0.25) is 4.79 Å². The van der Waals surface area contributed by atoms with Crippen LogP contribution in [0.2, 0.25) is 5.02 Å². The summed E-state index contributed by atoms with van der Waals surface area (Å²) in [5, 5.41) is 11.3. The molecule has 1 atom stereocenters. The number of aromatic nitrogens is 3. The Balaban J connectivity index is 1.65. The van der Waals surface area contributed by atoms with Gasteiger partial charge in [0.15, 0.2) is 5.82 Å². The lowest BCUT2D eigenvalue weighted by molar-refractivity contribution is -0.117. The third-order valence-corrected chi connectivity index (χ3v) is 4.77. The van der Waals surface area contributed by atoms with Gasteiger partial charge in [0.1, 0.15) is 6.33 Å². The first-order valence-electron chi connectivity index (χ1n) is 7.89. The molecule has 1 heterocycles. The molecule has 6 nitrogen and oxygen atoms in total. The molecule has 3 rings (SSSR count). The van der Waals surface area contributed by atoms with Gasteiger partial charge in [0.05, 0.1) is 6.04 Å². The lowest BCUT2D eigenvalue weighted by atomic mass is 10.1. The van der Waals surface area contributed by atoms with Gasteiger partial charge in [-0.15, -0.1) is 10.2 Å². The van der Waals surface area contributed by atoms with E-state index in [1.807, 2.05) is 35.9 Å². The molecule has 8 heteroatoms. The van der Waals surface area contributed by atoms with E-state index in [4.69, 9.17) is 17.3 Å². The maximum absolute atomic E-state index is 12.4. The van der Waals surface area contributed by atoms with Crippen LogP contribution in [0.5, 0.6) is 0 Å². The van der Waals surface area contributed by atoms with E-state index in [9.17, 15) is 4.79 Å². The van der Waals surface area contributed by atoms with Crippen LogP contribution < -0.4 is 11.1 Å². The SMILES string of the molecule is Cn1cnnc1-c1ccc(NC(=O)C(N)Cc2cc(Br)ccc2Cl)cc1. The van der Waals surface area contributed by atoms with Gasteiger partial charge in [0, 0.05) is 27.8 Å². The molecule has 0 saturated heterocycles. The summed E-state index contributed by atoms with van der Waals surface area (Å²) in [6.45, 7) is 0. The second-order valence-electron chi connectivity index (χ2n) is 5.88. The molecule has 26 heavy (non-hydrogen) atoms. The minimum absolute atomic E-state index is 0.271. The van der Waals surface area contributed by atoms with E-state index >= 15 is 0 Å². The molecule has 0 aliphatic heterocycles. The van der Waals surface area contributed by atoms with Crippen molar-refractivity contribution in [2.75, 3.05) is 5.32 Å². The molecule has 1 aromatic heterocycles. The van der Waals surface area contributed by atoms with Crippen LogP contribution in [0.25, 0.3) is 11.4 Å². The topological polar surface area (TPSA) is 85.8 Å². The molecule has 0 fully saturated rings. The molecule has 2 aromatic carbocycles. The highest BCUT2D eigenvalue weighted by Gasteiger charge is 2.16. The smallest absolute Gasteiger partial charge is 0.241 e. The highest BCUT2D eigenvalue weighted by molar-refractivity contribution is 9.10. The number of nitrogens with zero attached hydrogens (tertiary/aromatic N) is 3. The highest BCUT2D eigenvalue weighted by atomic mass is 79.9. The van der Waals surface area contributed by atoms with Gasteiger partial charge in [-0.05, 0) is 54.4 Å². The van der Waals surface area contributed by atoms with E-state index in [1.165, 1.54) is 0 Å². The Morgan fingerprint density at radius 2 is 2.04 bits per heavy atom. The number of carbonyl (C=O) groups excluding carboxylic acids is 1. The maximum Gasteiger partial charge on any atom is 0.241 e. The number of anilines is 1. The molecule has 0 aliphatic rings. The number of benzene rings is 2. The van der Waals surface area contributed by atoms with Crippen molar-refractivity contribution in [3.05, 3.63) is 63.9 Å². The summed E-state index contributed by atoms with van der Waals surface area (Å²) >= 11 is 9.56. The fourth-order valence-electron chi connectivity index (χ4n) is 2.51. The Morgan fingerprint density at radius 3 is 2.69 bits per heavy atom. The van der Waals surface area contributed by atoms with E-state index in [0.717, 1.165) is 21.4 Å². The number of nitrogens with one attached hydrogen (secondary N) is 1. The number of carbonyl (C=O) groups is 1. The average molecular weight is 435 g/mol. The van der Waals surface area contributed by atoms with Gasteiger partial charge in [0.2, 0.25) is 5.91 Å². The fourth-order valence-corrected chi connectivity index (χ4v) is 3.11. The van der Waals surface area contributed by atoms with Gasteiger partial charge >= 0.3 is 0 Å². The lowest BCUT2D eigenvalue weighted by Crippen LogP contribution is -2.37. The molecule has 3 aromatic rings. The normalized spacial score (nSPS) is 12.0. The van der Waals surface area contributed by atoms with Crippen molar-refractivity contribution in [3.8, 4) is 11.4 Å². The molecule has 134 valence electrons. The van der Waals surface area contributed by atoms with E-state index in [2.05, 4.69) is 31.4 Å². The minimum Gasteiger partial charge on any atom is -0.325 e. The zero-order valence-electron chi connectivity index (χ0n) is 14.0. The van der Waals surface area contributed by atoms with Crippen molar-refractivity contribution >= 4 is 39.1 Å². The maximum atomic E-state index is 12.4.